The largest absolute Gasteiger partial charge is 0.353 e. The summed E-state index contributed by atoms with van der Waals surface area (Å²) in [4.78, 5) is 1.50. The van der Waals surface area contributed by atoms with Crippen molar-refractivity contribution in [2.45, 2.75) is 19.9 Å². The quantitative estimate of drug-likeness (QED) is 0.787. The molecule has 0 unspecified atom stereocenters. The van der Waals surface area contributed by atoms with Crippen LogP contribution < -0.4 is 5.32 Å². The molecule has 0 fully saturated rings. The van der Waals surface area contributed by atoms with Crippen LogP contribution in [0.2, 0.25) is 0 Å². The Morgan fingerprint density at radius 3 is 2.88 bits per heavy atom. The van der Waals surface area contributed by atoms with Crippen LogP contribution in [0.15, 0.2) is 29.8 Å². The summed E-state index contributed by atoms with van der Waals surface area (Å²) in [5.41, 5.74) is 2.76. The van der Waals surface area contributed by atoms with Crippen molar-refractivity contribution in [3.63, 3.8) is 0 Å². The number of hydrogen-bond donors (Lipinski definition) is 1. The van der Waals surface area contributed by atoms with E-state index >= 15 is 0 Å². The predicted molar refractivity (Wildman–Crippen MR) is 69.9 cm³/mol. The van der Waals surface area contributed by atoms with Crippen molar-refractivity contribution in [3.05, 3.63) is 45.9 Å². The molecule has 0 aliphatic carbocycles. The van der Waals surface area contributed by atoms with Gasteiger partial charge in [-0.1, -0.05) is 0 Å². The summed E-state index contributed by atoms with van der Waals surface area (Å²) in [6.45, 7) is 4.18. The van der Waals surface area contributed by atoms with E-state index in [1.54, 1.807) is 0 Å². The number of nitrogens with one attached hydrogen (secondary N) is 1. The maximum atomic E-state index is 3.48. The molecule has 0 bridgehead atoms. The molecule has 2 aromatic rings. The number of rotatable bonds is 5. The minimum absolute atomic E-state index is 0.952. The van der Waals surface area contributed by atoms with Crippen LogP contribution in [0.25, 0.3) is 0 Å². The van der Waals surface area contributed by atoms with E-state index in [1.807, 2.05) is 11.3 Å². The lowest BCUT2D eigenvalue weighted by Crippen LogP contribution is -2.18. The molecule has 0 spiro atoms. The van der Waals surface area contributed by atoms with Gasteiger partial charge in [0.05, 0.1) is 0 Å². The molecule has 2 rings (SSSR count). The fourth-order valence-corrected chi connectivity index (χ4v) is 2.67. The zero-order valence-corrected chi connectivity index (χ0v) is 10.7. The average Bonchev–Trinajstić information content (AvgIpc) is 2.84. The molecule has 2 aromatic heterocycles. The standard InChI is InChI=1S/C13H18N2S/c1-11-6-9-16-13(11)5-7-14-10-12-4-3-8-15(12)2/h3-4,6,8-9,14H,5,7,10H2,1-2H3. The van der Waals surface area contributed by atoms with Gasteiger partial charge in [0.15, 0.2) is 0 Å². The van der Waals surface area contributed by atoms with Crippen molar-refractivity contribution in [1.29, 1.82) is 0 Å². The predicted octanol–water partition coefficient (Wildman–Crippen LogP) is 2.73. The van der Waals surface area contributed by atoms with Gasteiger partial charge in [0.2, 0.25) is 0 Å². The lowest BCUT2D eigenvalue weighted by atomic mass is 10.2. The van der Waals surface area contributed by atoms with Gasteiger partial charge < -0.3 is 9.88 Å². The average molecular weight is 234 g/mol. The second-order valence-corrected chi connectivity index (χ2v) is 5.06. The summed E-state index contributed by atoms with van der Waals surface area (Å²) in [5.74, 6) is 0. The minimum atomic E-state index is 0.952. The van der Waals surface area contributed by atoms with Crippen LogP contribution in [0.4, 0.5) is 0 Å². The molecule has 16 heavy (non-hydrogen) atoms. The number of hydrogen-bond acceptors (Lipinski definition) is 2. The van der Waals surface area contributed by atoms with E-state index in [0.29, 0.717) is 0 Å². The van der Waals surface area contributed by atoms with Gasteiger partial charge in [-0.25, -0.2) is 0 Å². The zero-order valence-electron chi connectivity index (χ0n) is 9.86. The van der Waals surface area contributed by atoms with Crippen LogP contribution in [0.3, 0.4) is 0 Å². The van der Waals surface area contributed by atoms with E-state index in [-0.39, 0.29) is 0 Å². The Morgan fingerprint density at radius 2 is 2.25 bits per heavy atom. The Hall–Kier alpha value is -1.06. The van der Waals surface area contributed by atoms with Gasteiger partial charge in [-0.05, 0) is 42.5 Å². The third-order valence-corrected chi connectivity index (χ3v) is 3.94. The minimum Gasteiger partial charge on any atom is -0.353 e. The van der Waals surface area contributed by atoms with E-state index in [2.05, 4.69) is 53.6 Å². The van der Waals surface area contributed by atoms with E-state index in [1.165, 1.54) is 16.1 Å². The summed E-state index contributed by atoms with van der Waals surface area (Å²) in [5, 5.41) is 5.65. The zero-order chi connectivity index (χ0) is 11.4. The SMILES string of the molecule is Cc1ccsc1CCNCc1cccn1C. The van der Waals surface area contributed by atoms with Crippen LogP contribution in [0.1, 0.15) is 16.1 Å². The smallest absolute Gasteiger partial charge is 0.0359 e. The van der Waals surface area contributed by atoms with Gasteiger partial charge in [0, 0.05) is 36.9 Å². The van der Waals surface area contributed by atoms with Crippen LogP contribution in [0.5, 0.6) is 0 Å². The number of thiophene rings is 1. The number of aryl methyl sites for hydroxylation is 2. The first-order chi connectivity index (χ1) is 7.77. The fourth-order valence-electron chi connectivity index (χ4n) is 1.76. The molecule has 0 aliphatic heterocycles. The Kier molecular flexibility index (Phi) is 3.80. The second kappa shape index (κ2) is 5.32. The summed E-state index contributed by atoms with van der Waals surface area (Å²) >= 11 is 1.86. The van der Waals surface area contributed by atoms with Gasteiger partial charge in [0.1, 0.15) is 0 Å². The maximum absolute atomic E-state index is 3.48. The molecular weight excluding hydrogens is 216 g/mol. The molecule has 1 N–H and O–H groups in total. The van der Waals surface area contributed by atoms with Crippen molar-refractivity contribution in [2.24, 2.45) is 7.05 Å². The normalized spacial score (nSPS) is 10.9. The lowest BCUT2D eigenvalue weighted by Gasteiger charge is -2.05. The molecule has 3 heteroatoms. The number of aromatic nitrogens is 1. The Bertz CT molecular complexity index is 400. The van der Waals surface area contributed by atoms with Gasteiger partial charge >= 0.3 is 0 Å². The Morgan fingerprint density at radius 1 is 1.38 bits per heavy atom. The Labute approximate surface area is 101 Å². The molecule has 86 valence electrons. The Balaban J connectivity index is 1.74. The molecule has 2 nitrogen and oxygen atoms in total. The van der Waals surface area contributed by atoms with Crippen LogP contribution in [-0.4, -0.2) is 11.1 Å². The fraction of sp³-hybridized carbons (Fsp3) is 0.385. The van der Waals surface area contributed by atoms with E-state index in [4.69, 9.17) is 0 Å². The molecule has 2 heterocycles. The molecule has 0 amide bonds. The van der Waals surface area contributed by atoms with Gasteiger partial charge in [0.25, 0.3) is 0 Å². The monoisotopic (exact) mass is 234 g/mol. The molecule has 0 atom stereocenters. The third kappa shape index (κ3) is 2.74. The van der Waals surface area contributed by atoms with Crippen molar-refractivity contribution in [3.8, 4) is 0 Å². The molecule has 0 radical (unpaired) electrons. The topological polar surface area (TPSA) is 17.0 Å². The lowest BCUT2D eigenvalue weighted by molar-refractivity contribution is 0.654. The second-order valence-electron chi connectivity index (χ2n) is 4.06. The highest BCUT2D eigenvalue weighted by Gasteiger charge is 2.00. The van der Waals surface area contributed by atoms with E-state index < -0.39 is 0 Å². The van der Waals surface area contributed by atoms with Crippen LogP contribution in [0, 0.1) is 6.92 Å². The summed E-state index contributed by atoms with van der Waals surface area (Å²) < 4.78 is 2.16. The summed E-state index contributed by atoms with van der Waals surface area (Å²) in [6, 6.07) is 6.43. The number of nitrogens with zero attached hydrogens (tertiary/aromatic N) is 1. The van der Waals surface area contributed by atoms with Crippen molar-refractivity contribution in [1.82, 2.24) is 9.88 Å². The van der Waals surface area contributed by atoms with Crippen LogP contribution in [-0.2, 0) is 20.0 Å². The van der Waals surface area contributed by atoms with Crippen molar-refractivity contribution in [2.75, 3.05) is 6.54 Å². The molecular formula is C13H18N2S. The highest BCUT2D eigenvalue weighted by molar-refractivity contribution is 7.10. The van der Waals surface area contributed by atoms with E-state index in [0.717, 1.165) is 19.5 Å². The summed E-state index contributed by atoms with van der Waals surface area (Å²) in [6.07, 6.45) is 3.22. The molecule has 0 aromatic carbocycles. The molecule has 0 saturated carbocycles. The third-order valence-electron chi connectivity index (χ3n) is 2.85. The maximum Gasteiger partial charge on any atom is 0.0359 e. The van der Waals surface area contributed by atoms with Gasteiger partial charge in [-0.15, -0.1) is 11.3 Å². The molecule has 0 saturated heterocycles. The first kappa shape index (κ1) is 11.4. The van der Waals surface area contributed by atoms with E-state index in [9.17, 15) is 0 Å². The van der Waals surface area contributed by atoms with Crippen molar-refractivity contribution < 1.29 is 0 Å². The highest BCUT2D eigenvalue weighted by atomic mass is 32.1. The first-order valence-electron chi connectivity index (χ1n) is 5.61. The molecule has 0 aliphatic rings. The van der Waals surface area contributed by atoms with Crippen molar-refractivity contribution >= 4 is 11.3 Å². The first-order valence-corrected chi connectivity index (χ1v) is 6.49. The van der Waals surface area contributed by atoms with Gasteiger partial charge in [-0.2, -0.15) is 0 Å². The van der Waals surface area contributed by atoms with Crippen LogP contribution >= 0.6 is 11.3 Å². The highest BCUT2D eigenvalue weighted by Crippen LogP contribution is 2.15. The summed E-state index contributed by atoms with van der Waals surface area (Å²) in [7, 11) is 2.08. The van der Waals surface area contributed by atoms with Gasteiger partial charge in [-0.3, -0.25) is 0 Å².